The fourth-order valence-electron chi connectivity index (χ4n) is 1.82. The predicted molar refractivity (Wildman–Crippen MR) is 123 cm³/mol. The molecule has 0 saturated heterocycles. The first-order valence-corrected chi connectivity index (χ1v) is 9.64. The molecular formula is C20H35Br5N10. The highest BCUT2D eigenvalue weighted by Gasteiger charge is 1.93. The van der Waals surface area contributed by atoms with Gasteiger partial charge in [0.2, 0.25) is 0 Å². The standard InChI is InChI=1S/5C4H6N2.5BrH/c5*1-6-3-2-5-4-6;;;;;/h5*2-4H,1H3;5*1H. The topological polar surface area (TPSA) is 84.0 Å². The van der Waals surface area contributed by atoms with Gasteiger partial charge in [-0.15, -0.1) is 0 Å². The van der Waals surface area contributed by atoms with Gasteiger partial charge in [-0.3, -0.25) is 24.5 Å². The quantitative estimate of drug-likeness (QED) is 0.161. The van der Waals surface area contributed by atoms with Crippen molar-refractivity contribution in [3.05, 3.63) is 62.0 Å². The van der Waals surface area contributed by atoms with Crippen LogP contribution in [-0.4, -0.2) is 66.9 Å². The summed E-state index contributed by atoms with van der Waals surface area (Å²) in [6, 6.07) is 0. The third kappa shape index (κ3) is 27.7. The third-order valence-corrected chi connectivity index (χ3v) is 3.51. The van der Waals surface area contributed by atoms with Crippen molar-refractivity contribution in [3.63, 3.8) is 0 Å². The lowest BCUT2D eigenvalue weighted by molar-refractivity contribution is -0.710. The Balaban J connectivity index is -0.000000103. The lowest BCUT2D eigenvalue weighted by Crippen LogP contribution is -3.01. The zero-order valence-electron chi connectivity index (χ0n) is 20.3. The SMILES string of the molecule is C[NH+]1C=CN=C1.C[NH+]1C=CN=C1.C[NH+]1C=CN=C1.C[NH+]1C=CN=C1.C[NH+]1C=CN=C1.[Br-].[Br-].[Br-].[Br-].[Br-]. The molecule has 5 heterocycles. The summed E-state index contributed by atoms with van der Waals surface area (Å²) in [4.78, 5) is 25.3. The highest BCUT2D eigenvalue weighted by atomic mass is 79.9. The highest BCUT2D eigenvalue weighted by molar-refractivity contribution is 5.48. The summed E-state index contributed by atoms with van der Waals surface area (Å²) in [5.41, 5.74) is 0. The Morgan fingerprint density at radius 1 is 0.314 bits per heavy atom. The second-order valence-electron chi connectivity index (χ2n) is 6.69. The molecular weight excluding hydrogens is 780 g/mol. The molecule has 200 valence electrons. The van der Waals surface area contributed by atoms with Crippen LogP contribution in [-0.2, 0) is 0 Å². The van der Waals surface area contributed by atoms with Gasteiger partial charge in [0.05, 0.1) is 66.2 Å². The second kappa shape index (κ2) is 29.5. The monoisotopic (exact) mass is 810 g/mol. The molecule has 0 aromatic rings. The van der Waals surface area contributed by atoms with E-state index in [9.17, 15) is 0 Å². The molecule has 0 aliphatic carbocycles. The highest BCUT2D eigenvalue weighted by Crippen LogP contribution is 1.68. The third-order valence-electron chi connectivity index (χ3n) is 3.51. The molecule has 0 aromatic carbocycles. The van der Waals surface area contributed by atoms with Crippen molar-refractivity contribution in [2.45, 2.75) is 0 Å². The summed E-state index contributed by atoms with van der Waals surface area (Å²) < 4.78 is 0. The normalized spacial score (nSPS) is 25.0. The van der Waals surface area contributed by atoms with E-state index in [0.717, 1.165) is 0 Å². The Kier molecular flexibility index (Phi) is 37.3. The number of rotatable bonds is 0. The Bertz CT molecular complexity index is 580. The summed E-state index contributed by atoms with van der Waals surface area (Å²) in [6.07, 6.45) is 28.0. The van der Waals surface area contributed by atoms with Gasteiger partial charge in [-0.05, 0) is 0 Å². The van der Waals surface area contributed by atoms with Crippen molar-refractivity contribution < 1.29 is 109 Å². The zero-order chi connectivity index (χ0) is 22.0. The molecule has 5 unspecified atom stereocenters. The molecule has 5 rings (SSSR count). The van der Waals surface area contributed by atoms with E-state index in [4.69, 9.17) is 0 Å². The van der Waals surface area contributed by atoms with Crippen LogP contribution in [0.2, 0.25) is 0 Å². The van der Waals surface area contributed by atoms with Gasteiger partial charge in [-0.25, -0.2) is 25.0 Å². The van der Waals surface area contributed by atoms with E-state index in [2.05, 4.69) is 25.0 Å². The first-order valence-electron chi connectivity index (χ1n) is 9.64. The molecule has 0 aromatic heterocycles. The van der Waals surface area contributed by atoms with E-state index in [-0.39, 0.29) is 84.9 Å². The minimum absolute atomic E-state index is 0. The molecule has 5 aliphatic heterocycles. The molecule has 0 fully saturated rings. The van der Waals surface area contributed by atoms with Crippen LogP contribution >= 0.6 is 0 Å². The maximum Gasteiger partial charge on any atom is 0.192 e. The van der Waals surface area contributed by atoms with Crippen LogP contribution < -0.4 is 109 Å². The van der Waals surface area contributed by atoms with Crippen LogP contribution in [0.25, 0.3) is 0 Å². The molecule has 0 spiro atoms. The van der Waals surface area contributed by atoms with Crippen molar-refractivity contribution in [3.8, 4) is 0 Å². The van der Waals surface area contributed by atoms with Gasteiger partial charge in [-0.1, -0.05) is 0 Å². The van der Waals surface area contributed by atoms with Crippen LogP contribution in [0.4, 0.5) is 0 Å². The molecule has 0 saturated carbocycles. The minimum Gasteiger partial charge on any atom is -1.00 e. The Labute approximate surface area is 261 Å². The van der Waals surface area contributed by atoms with Crippen molar-refractivity contribution in [2.75, 3.05) is 35.2 Å². The lowest BCUT2D eigenvalue weighted by Gasteiger charge is -1.87. The van der Waals surface area contributed by atoms with Gasteiger partial charge in [0.15, 0.2) is 31.7 Å². The second-order valence-corrected chi connectivity index (χ2v) is 6.69. The molecule has 5 N–H and O–H groups in total. The first kappa shape index (κ1) is 44.3. The van der Waals surface area contributed by atoms with Crippen molar-refractivity contribution in [2.24, 2.45) is 25.0 Å². The predicted octanol–water partition coefficient (Wildman–Crippen LogP) is -19.9. The fourth-order valence-corrected chi connectivity index (χ4v) is 1.82. The maximum atomic E-state index is 3.82. The fraction of sp³-hybridized carbons (Fsp3) is 0.250. The van der Waals surface area contributed by atoms with E-state index in [0.29, 0.717) is 0 Å². The van der Waals surface area contributed by atoms with Crippen molar-refractivity contribution in [1.82, 2.24) is 0 Å². The average Bonchev–Trinajstić information content (AvgIpc) is 3.50. The smallest absolute Gasteiger partial charge is 0.192 e. The van der Waals surface area contributed by atoms with Crippen LogP contribution in [0.3, 0.4) is 0 Å². The molecule has 5 atom stereocenters. The van der Waals surface area contributed by atoms with E-state index in [1.165, 1.54) is 24.5 Å². The van der Waals surface area contributed by atoms with Gasteiger partial charge in [-0.2, -0.15) is 0 Å². The molecule has 15 heteroatoms. The number of nitrogens with one attached hydrogen (secondary N) is 5. The van der Waals surface area contributed by atoms with Crippen LogP contribution in [0.5, 0.6) is 0 Å². The summed E-state index contributed by atoms with van der Waals surface area (Å²) >= 11 is 0. The summed E-state index contributed by atoms with van der Waals surface area (Å²) in [5.74, 6) is 0. The number of halogens is 5. The molecule has 0 amide bonds. The largest absolute Gasteiger partial charge is 1.00 e. The van der Waals surface area contributed by atoms with Crippen LogP contribution in [0.15, 0.2) is 87.0 Å². The Morgan fingerprint density at radius 3 is 0.486 bits per heavy atom. The summed E-state index contributed by atoms with van der Waals surface area (Å²) in [5, 5.41) is 0. The number of hydrogen-bond donors (Lipinski definition) is 5. The average molecular weight is 815 g/mol. The number of quaternary nitrogens is 5. The van der Waals surface area contributed by atoms with E-state index >= 15 is 0 Å². The van der Waals surface area contributed by atoms with E-state index in [1.807, 2.05) is 97.9 Å². The van der Waals surface area contributed by atoms with Gasteiger partial charge in [0.1, 0.15) is 31.0 Å². The number of aliphatic imine (C=N–C) groups is 5. The Morgan fingerprint density at radius 2 is 0.457 bits per heavy atom. The summed E-state index contributed by atoms with van der Waals surface area (Å²) in [7, 11) is 10.1. The van der Waals surface area contributed by atoms with Crippen molar-refractivity contribution >= 4 is 31.7 Å². The van der Waals surface area contributed by atoms with Gasteiger partial charge >= 0.3 is 0 Å². The molecule has 0 radical (unpaired) electrons. The molecule has 0 bridgehead atoms. The lowest BCUT2D eigenvalue weighted by atomic mass is 10.9. The molecule has 35 heavy (non-hydrogen) atoms. The van der Waals surface area contributed by atoms with E-state index in [1.54, 1.807) is 31.0 Å². The van der Waals surface area contributed by atoms with Crippen LogP contribution in [0, 0.1) is 0 Å². The first-order chi connectivity index (χ1) is 14.5. The number of hydrogen-bond acceptors (Lipinski definition) is 5. The summed E-state index contributed by atoms with van der Waals surface area (Å²) in [6.45, 7) is 0. The molecule has 10 nitrogen and oxygen atoms in total. The van der Waals surface area contributed by atoms with Crippen LogP contribution in [0.1, 0.15) is 0 Å². The van der Waals surface area contributed by atoms with E-state index < -0.39 is 0 Å². The minimum atomic E-state index is 0. The van der Waals surface area contributed by atoms with Crippen molar-refractivity contribution in [1.29, 1.82) is 0 Å². The zero-order valence-corrected chi connectivity index (χ0v) is 28.2. The van der Waals surface area contributed by atoms with Gasteiger partial charge < -0.3 is 84.9 Å². The number of nitrogens with zero attached hydrogens (tertiary/aromatic N) is 5. The maximum absolute atomic E-state index is 3.82. The van der Waals surface area contributed by atoms with Gasteiger partial charge in [0, 0.05) is 0 Å². The Hall–Kier alpha value is -0.750. The van der Waals surface area contributed by atoms with Gasteiger partial charge in [0.25, 0.3) is 0 Å². The molecule has 5 aliphatic rings.